The molecule has 2 unspecified atom stereocenters. The third kappa shape index (κ3) is 39.3. The van der Waals surface area contributed by atoms with Crippen molar-refractivity contribution in [3.8, 4) is 0 Å². The number of hydrogen-bond donors (Lipinski definition) is 4. The molecule has 0 rings (SSSR count). The summed E-state index contributed by atoms with van der Waals surface area (Å²) < 4.78 is 52.8. The van der Waals surface area contributed by atoms with Crippen molar-refractivity contribution in [1.82, 2.24) is 0 Å². The summed E-state index contributed by atoms with van der Waals surface area (Å²) in [5, 5.41) is 7.79. The van der Waals surface area contributed by atoms with E-state index in [2.05, 4.69) is 30.0 Å². The molecule has 2 atom stereocenters. The van der Waals surface area contributed by atoms with E-state index in [1.807, 2.05) is 0 Å². The molecule has 0 fully saturated rings. The van der Waals surface area contributed by atoms with Gasteiger partial charge in [-0.15, -0.1) is 0 Å². The van der Waals surface area contributed by atoms with Gasteiger partial charge in [0.05, 0.1) is 19.8 Å². The Morgan fingerprint density at radius 1 is 0.600 bits per heavy atom. The maximum absolute atomic E-state index is 11.7. The number of hydrogen-bond acceptors (Lipinski definition) is 8. The normalized spacial score (nSPS) is 13.9. The van der Waals surface area contributed by atoms with Crippen LogP contribution in [-0.4, -0.2) is 38.6 Å². The van der Waals surface area contributed by atoms with Gasteiger partial charge < -0.3 is 9.79 Å². The Morgan fingerprint density at radius 3 is 1.23 bits per heavy atom. The summed E-state index contributed by atoms with van der Waals surface area (Å²) >= 11 is -1.75. The average molecular weight is 587 g/mol. The second-order valence-electron chi connectivity index (χ2n) is 7.85. The molecule has 213 valence electrons. The van der Waals surface area contributed by atoms with Gasteiger partial charge in [0, 0.05) is 0 Å². The van der Waals surface area contributed by atoms with Crippen LogP contribution in [0.25, 0.3) is 0 Å². The molecule has 4 N–H and O–H groups in total. The van der Waals surface area contributed by atoms with Crippen LogP contribution in [0.3, 0.4) is 0 Å². The summed E-state index contributed by atoms with van der Waals surface area (Å²) in [6, 6.07) is 0. The molecule has 0 bridgehead atoms. The predicted octanol–water partition coefficient (Wildman–Crippen LogP) is 6.95. The van der Waals surface area contributed by atoms with Crippen LogP contribution in [0.2, 0.25) is 0 Å². The van der Waals surface area contributed by atoms with Crippen LogP contribution in [0.5, 0.6) is 0 Å². The van der Waals surface area contributed by atoms with Crippen LogP contribution < -0.4 is 0 Å². The zero-order chi connectivity index (χ0) is 27.3. The molecular formula is C21H49O11P2Ti. The van der Waals surface area contributed by atoms with Gasteiger partial charge in [-0.2, -0.15) is 4.31 Å². The van der Waals surface area contributed by atoms with Gasteiger partial charge in [0.15, 0.2) is 0 Å². The van der Waals surface area contributed by atoms with Crippen LogP contribution in [-0.2, 0) is 50.2 Å². The van der Waals surface area contributed by atoms with E-state index < -0.39 is 35.2 Å². The summed E-state index contributed by atoms with van der Waals surface area (Å²) in [6.07, 6.45) is 15.2. The van der Waals surface area contributed by atoms with Crippen LogP contribution in [0.1, 0.15) is 117 Å². The van der Waals surface area contributed by atoms with Crippen molar-refractivity contribution in [2.75, 3.05) is 19.8 Å². The zero-order valence-electron chi connectivity index (χ0n) is 21.8. The summed E-state index contributed by atoms with van der Waals surface area (Å²) in [5.41, 5.74) is 0. The molecule has 0 aromatic carbocycles. The first kappa shape index (κ1) is 40.2. The average Bonchev–Trinajstić information content (AvgIpc) is 2.78. The van der Waals surface area contributed by atoms with E-state index in [0.29, 0.717) is 19.4 Å². The fraction of sp³-hybridized carbons (Fsp3) is 1.00. The van der Waals surface area contributed by atoms with Crippen molar-refractivity contribution < 1.29 is 68.9 Å². The molecular weight excluding hydrogens is 538 g/mol. The molecule has 0 spiro atoms. The molecule has 0 aliphatic carbocycles. The maximum atomic E-state index is 11.7. The van der Waals surface area contributed by atoms with Crippen molar-refractivity contribution in [2.24, 2.45) is 0 Å². The fourth-order valence-corrected chi connectivity index (χ4v) is 4.86. The molecule has 0 saturated heterocycles. The zero-order valence-corrected chi connectivity index (χ0v) is 25.1. The van der Waals surface area contributed by atoms with E-state index >= 15 is 0 Å². The monoisotopic (exact) mass is 587 g/mol. The van der Waals surface area contributed by atoms with Gasteiger partial charge in [-0.1, -0.05) is 97.8 Å². The third-order valence-electron chi connectivity index (χ3n) is 4.55. The molecule has 0 aliphatic heterocycles. The predicted molar refractivity (Wildman–Crippen MR) is 130 cm³/mol. The van der Waals surface area contributed by atoms with Crippen LogP contribution in [0.15, 0.2) is 0 Å². The SMILES string of the molecule is CCCCCCCCOP(=O)(O)OP(=O)(O)OCCCCCCCC.CCCCCOO.[O]=[Ti][OH]. The van der Waals surface area contributed by atoms with Gasteiger partial charge in [-0.25, -0.2) is 14.0 Å². The first-order valence-electron chi connectivity index (χ1n) is 12.6. The van der Waals surface area contributed by atoms with Crippen LogP contribution in [0.4, 0.5) is 0 Å². The standard InChI is InChI=1S/C16H36O7P2.C5H12O2.H2O.O.Ti/c1-3-5-7-9-11-13-15-21-24(17,18)23-25(19,20)22-16-14-12-10-8-6-4-2;1-2-3-4-5-7-6;;;/h3-16H2,1-2H3,(H,17,18)(H,19,20);6H,2-5H2,1H3;1H2;;/q;;;;+1/p-1. The quantitative estimate of drug-likeness (QED) is 0.0340. The van der Waals surface area contributed by atoms with Gasteiger partial charge in [-0.3, -0.25) is 14.3 Å². The van der Waals surface area contributed by atoms with Crippen molar-refractivity contribution in [3.05, 3.63) is 0 Å². The van der Waals surface area contributed by atoms with Gasteiger partial charge >= 0.3 is 42.2 Å². The summed E-state index contributed by atoms with van der Waals surface area (Å²) in [5.74, 6) is 0. The first-order valence-corrected chi connectivity index (χ1v) is 16.9. The first-order chi connectivity index (χ1) is 16.7. The Labute approximate surface area is 221 Å². The van der Waals surface area contributed by atoms with Crippen molar-refractivity contribution in [3.63, 3.8) is 0 Å². The van der Waals surface area contributed by atoms with E-state index in [9.17, 15) is 18.9 Å². The summed E-state index contributed by atoms with van der Waals surface area (Å²) in [4.78, 5) is 22.8. The van der Waals surface area contributed by atoms with Gasteiger partial charge in [0.1, 0.15) is 0 Å². The van der Waals surface area contributed by atoms with Gasteiger partial charge in [0.25, 0.3) is 0 Å². The van der Waals surface area contributed by atoms with Crippen LogP contribution >= 0.6 is 15.6 Å². The molecule has 0 heterocycles. The Kier molecular flexibility index (Phi) is 35.4. The van der Waals surface area contributed by atoms with Gasteiger partial charge in [0.2, 0.25) is 0 Å². The number of unbranched alkanes of at least 4 members (excludes halogenated alkanes) is 12. The number of phosphoric ester groups is 2. The molecule has 0 amide bonds. The molecule has 0 aromatic rings. The molecule has 35 heavy (non-hydrogen) atoms. The second kappa shape index (κ2) is 30.9. The third-order valence-corrected chi connectivity index (χ3v) is 7.22. The van der Waals surface area contributed by atoms with Crippen molar-refractivity contribution in [2.45, 2.75) is 117 Å². The molecule has 11 nitrogen and oxygen atoms in total. The summed E-state index contributed by atoms with van der Waals surface area (Å²) in [6.45, 7) is 6.87. The number of rotatable bonds is 22. The number of phosphoric acid groups is 2. The summed E-state index contributed by atoms with van der Waals surface area (Å²) in [7, 11) is -9.17. The Balaban J connectivity index is -0.000000857. The van der Waals surface area contributed by atoms with Gasteiger partial charge in [-0.05, 0) is 19.3 Å². The molecule has 0 saturated carbocycles. The van der Waals surface area contributed by atoms with Crippen molar-refractivity contribution in [1.29, 1.82) is 0 Å². The van der Waals surface area contributed by atoms with E-state index in [4.69, 9.17) is 21.3 Å². The molecule has 0 aromatic heterocycles. The topological polar surface area (TPSA) is 169 Å². The Morgan fingerprint density at radius 2 is 0.886 bits per heavy atom. The van der Waals surface area contributed by atoms with E-state index in [1.165, 1.54) is 19.3 Å². The Hall–Kier alpha value is 0.654. The minimum absolute atomic E-state index is 0.0112. The molecule has 0 aliphatic rings. The second-order valence-corrected chi connectivity index (χ2v) is 11.2. The molecule has 14 heteroatoms. The fourth-order valence-electron chi connectivity index (χ4n) is 2.72. The van der Waals surface area contributed by atoms with E-state index in [1.54, 1.807) is 0 Å². The Bertz CT molecular complexity index is 487. The van der Waals surface area contributed by atoms with Crippen LogP contribution in [0, 0.1) is 0 Å². The van der Waals surface area contributed by atoms with E-state index in [-0.39, 0.29) is 13.2 Å². The van der Waals surface area contributed by atoms with Crippen molar-refractivity contribution >= 4 is 15.6 Å². The minimum atomic E-state index is -4.58. The van der Waals surface area contributed by atoms with E-state index in [0.717, 1.165) is 64.2 Å². The molecule has 0 radical (unpaired) electrons.